The molecule has 0 unspecified atom stereocenters. The Morgan fingerprint density at radius 2 is 1.38 bits per heavy atom. The maximum Gasteiger partial charge on any atom is 0.0998 e. The third-order valence-corrected chi connectivity index (χ3v) is 12.2. The first kappa shape index (κ1) is 16.4. The molecule has 0 saturated heterocycles. The minimum Gasteiger partial charge on any atom is -0.214 e. The number of rotatable bonds is 5. The van der Waals surface area contributed by atoms with Crippen molar-refractivity contribution in [3.05, 3.63) is 21.7 Å². The van der Waals surface area contributed by atoms with E-state index in [4.69, 9.17) is 0 Å². The molecule has 0 aliphatic carbocycles. The van der Waals surface area contributed by atoms with Gasteiger partial charge in [-0.3, -0.25) is 0 Å². The molecule has 0 saturated carbocycles. The standard InChI is InChI=1S/C13H24FISi/c1-9(2)16(10(3)4,11(5)6)12(7)13(15)8-14/h8-11H,7H2,1-6H3/b13-8+. The molecule has 0 fully saturated rings. The fourth-order valence-electron chi connectivity index (χ4n) is 3.32. The summed E-state index contributed by atoms with van der Waals surface area (Å²) in [6.07, 6.45) is 0.706. The third-order valence-electron chi connectivity index (χ3n) is 3.77. The van der Waals surface area contributed by atoms with E-state index in [1.165, 1.54) is 0 Å². The quantitative estimate of drug-likeness (QED) is 0.322. The Kier molecular flexibility index (Phi) is 6.47. The molecule has 0 aliphatic rings. The molecule has 0 nitrogen and oxygen atoms in total. The zero-order valence-electron chi connectivity index (χ0n) is 11.3. The molecule has 0 rings (SSSR count). The smallest absolute Gasteiger partial charge is 0.0998 e. The third kappa shape index (κ3) is 2.78. The Balaban J connectivity index is 5.63. The fraction of sp³-hybridized carbons (Fsp3) is 0.692. The summed E-state index contributed by atoms with van der Waals surface area (Å²) < 4.78 is 13.5. The second kappa shape index (κ2) is 6.33. The molecule has 0 heterocycles. The molecule has 0 aromatic carbocycles. The molecule has 16 heavy (non-hydrogen) atoms. The molecule has 0 aromatic rings. The summed E-state index contributed by atoms with van der Waals surface area (Å²) in [6.45, 7) is 17.8. The SMILES string of the molecule is C=C(/C(I)=C\F)[Si](C(C)C)(C(C)C)C(C)C. The zero-order chi connectivity index (χ0) is 13.1. The van der Waals surface area contributed by atoms with Gasteiger partial charge in [-0.2, -0.15) is 0 Å². The van der Waals surface area contributed by atoms with Gasteiger partial charge >= 0.3 is 0 Å². The largest absolute Gasteiger partial charge is 0.214 e. The Hall–Kier alpha value is 0.357. The average Bonchev–Trinajstić information content (AvgIpc) is 2.15. The lowest BCUT2D eigenvalue weighted by atomic mass is 10.5. The monoisotopic (exact) mass is 354 g/mol. The van der Waals surface area contributed by atoms with Crippen LogP contribution >= 0.6 is 22.6 Å². The van der Waals surface area contributed by atoms with Crippen molar-refractivity contribution >= 4 is 30.7 Å². The van der Waals surface area contributed by atoms with E-state index in [-0.39, 0.29) is 0 Å². The van der Waals surface area contributed by atoms with Gasteiger partial charge in [0.05, 0.1) is 14.4 Å². The van der Waals surface area contributed by atoms with Gasteiger partial charge < -0.3 is 0 Å². The van der Waals surface area contributed by atoms with Gasteiger partial charge in [0.15, 0.2) is 0 Å². The maximum atomic E-state index is 12.7. The Morgan fingerprint density at radius 3 is 1.56 bits per heavy atom. The predicted octanol–water partition coefficient (Wildman–Crippen LogP) is 6.01. The van der Waals surface area contributed by atoms with E-state index in [1.807, 2.05) is 0 Å². The lowest BCUT2D eigenvalue weighted by molar-refractivity contribution is 0.719. The van der Waals surface area contributed by atoms with E-state index in [1.54, 1.807) is 0 Å². The topological polar surface area (TPSA) is 0 Å². The number of hydrogen-bond acceptors (Lipinski definition) is 0. The van der Waals surface area contributed by atoms with E-state index in [0.29, 0.717) is 26.5 Å². The van der Waals surface area contributed by atoms with Gasteiger partial charge in [0.25, 0.3) is 0 Å². The van der Waals surface area contributed by atoms with Gasteiger partial charge in [-0.05, 0) is 39.2 Å². The Labute approximate surface area is 115 Å². The molecule has 0 N–H and O–H groups in total. The van der Waals surface area contributed by atoms with Crippen LogP contribution in [0.5, 0.6) is 0 Å². The first-order valence-electron chi connectivity index (χ1n) is 5.88. The molecule has 0 spiro atoms. The van der Waals surface area contributed by atoms with Crippen molar-refractivity contribution in [2.75, 3.05) is 0 Å². The van der Waals surface area contributed by atoms with Crippen molar-refractivity contribution in [2.24, 2.45) is 0 Å². The predicted molar refractivity (Wildman–Crippen MR) is 83.4 cm³/mol. The van der Waals surface area contributed by atoms with Crippen LogP contribution in [0.3, 0.4) is 0 Å². The molecular weight excluding hydrogens is 330 g/mol. The summed E-state index contributed by atoms with van der Waals surface area (Å²) in [5, 5.41) is 1.08. The second-order valence-electron chi connectivity index (χ2n) is 5.33. The summed E-state index contributed by atoms with van der Waals surface area (Å²) in [6, 6.07) is 0. The Bertz CT molecular complexity index is 258. The summed E-state index contributed by atoms with van der Waals surface area (Å²) in [5.74, 6) is 0. The minimum absolute atomic E-state index is 0.588. The van der Waals surface area contributed by atoms with Crippen LogP contribution in [0.15, 0.2) is 21.7 Å². The highest BCUT2D eigenvalue weighted by molar-refractivity contribution is 14.1. The van der Waals surface area contributed by atoms with Crippen molar-refractivity contribution in [3.8, 4) is 0 Å². The van der Waals surface area contributed by atoms with E-state index >= 15 is 0 Å². The first-order chi connectivity index (χ1) is 7.22. The molecule has 0 atom stereocenters. The van der Waals surface area contributed by atoms with Crippen LogP contribution in [0.1, 0.15) is 41.5 Å². The lowest BCUT2D eigenvalue weighted by Gasteiger charge is -2.44. The summed E-state index contributed by atoms with van der Waals surface area (Å²) in [4.78, 5) is 0. The van der Waals surface area contributed by atoms with E-state index < -0.39 is 8.07 Å². The molecule has 0 bridgehead atoms. The van der Waals surface area contributed by atoms with Crippen LogP contribution in [0.2, 0.25) is 16.6 Å². The zero-order valence-corrected chi connectivity index (χ0v) is 14.4. The number of halogens is 2. The average molecular weight is 354 g/mol. The minimum atomic E-state index is -1.73. The van der Waals surface area contributed by atoms with Crippen LogP contribution in [0, 0.1) is 0 Å². The molecule has 0 aromatic heterocycles. The van der Waals surface area contributed by atoms with Gasteiger partial charge in [-0.1, -0.05) is 53.3 Å². The van der Waals surface area contributed by atoms with Crippen molar-refractivity contribution in [1.29, 1.82) is 0 Å². The highest BCUT2D eigenvalue weighted by Crippen LogP contribution is 2.48. The van der Waals surface area contributed by atoms with Crippen molar-refractivity contribution in [1.82, 2.24) is 0 Å². The van der Waals surface area contributed by atoms with Crippen molar-refractivity contribution in [3.63, 3.8) is 0 Å². The van der Waals surface area contributed by atoms with Crippen LogP contribution in [-0.2, 0) is 0 Å². The van der Waals surface area contributed by atoms with Crippen LogP contribution in [-0.4, -0.2) is 8.07 Å². The van der Waals surface area contributed by atoms with E-state index in [9.17, 15) is 4.39 Å². The molecular formula is C13H24FISi. The van der Waals surface area contributed by atoms with Gasteiger partial charge in [-0.15, -0.1) is 0 Å². The van der Waals surface area contributed by atoms with Crippen LogP contribution < -0.4 is 0 Å². The Morgan fingerprint density at radius 1 is 1.06 bits per heavy atom. The molecule has 0 aliphatic heterocycles. The first-order valence-corrected chi connectivity index (χ1v) is 9.19. The molecule has 0 amide bonds. The lowest BCUT2D eigenvalue weighted by Crippen LogP contribution is -2.46. The summed E-state index contributed by atoms with van der Waals surface area (Å²) in [7, 11) is -1.73. The van der Waals surface area contributed by atoms with Gasteiger partial charge in [0.1, 0.15) is 0 Å². The van der Waals surface area contributed by atoms with E-state index in [2.05, 4.69) is 70.7 Å². The van der Waals surface area contributed by atoms with Gasteiger partial charge in [0.2, 0.25) is 0 Å². The van der Waals surface area contributed by atoms with Crippen molar-refractivity contribution in [2.45, 2.75) is 58.2 Å². The number of hydrogen-bond donors (Lipinski definition) is 0. The number of allylic oxidation sites excluding steroid dienone is 2. The summed E-state index contributed by atoms with van der Waals surface area (Å²) in [5.41, 5.74) is 1.76. The maximum absolute atomic E-state index is 12.7. The highest BCUT2D eigenvalue weighted by atomic mass is 127. The van der Waals surface area contributed by atoms with Gasteiger partial charge in [-0.25, -0.2) is 4.39 Å². The van der Waals surface area contributed by atoms with Crippen molar-refractivity contribution < 1.29 is 4.39 Å². The molecule has 94 valence electrons. The molecule has 3 heteroatoms. The second-order valence-corrected chi connectivity index (χ2v) is 12.4. The normalized spacial score (nSPS) is 14.1. The van der Waals surface area contributed by atoms with Crippen LogP contribution in [0.25, 0.3) is 0 Å². The fourth-order valence-corrected chi connectivity index (χ4v) is 11.3. The highest BCUT2D eigenvalue weighted by Gasteiger charge is 2.45. The summed E-state index contributed by atoms with van der Waals surface area (Å²) >= 11 is 2.08. The van der Waals surface area contributed by atoms with Crippen LogP contribution in [0.4, 0.5) is 4.39 Å². The molecule has 0 radical (unpaired) electrons. The van der Waals surface area contributed by atoms with Gasteiger partial charge in [0, 0.05) is 3.58 Å². The van der Waals surface area contributed by atoms with E-state index in [0.717, 1.165) is 5.20 Å².